The van der Waals surface area contributed by atoms with Crippen LogP contribution in [0.4, 0.5) is 0 Å². The molecule has 15 heavy (non-hydrogen) atoms. The summed E-state index contributed by atoms with van der Waals surface area (Å²) in [6.45, 7) is 4.25. The van der Waals surface area contributed by atoms with E-state index in [1.807, 2.05) is 18.2 Å². The Morgan fingerprint density at radius 1 is 1.47 bits per heavy atom. The van der Waals surface area contributed by atoms with Gasteiger partial charge in [0, 0.05) is 6.04 Å². The first-order chi connectivity index (χ1) is 6.69. The van der Waals surface area contributed by atoms with Gasteiger partial charge in [-0.25, -0.2) is 0 Å². The summed E-state index contributed by atoms with van der Waals surface area (Å²) in [5.74, 6) is 0.448. The second kappa shape index (κ2) is 6.44. The second-order valence-electron chi connectivity index (χ2n) is 3.65. The molecule has 1 aromatic carbocycles. The van der Waals surface area contributed by atoms with Gasteiger partial charge in [-0.1, -0.05) is 32.4 Å². The maximum atomic E-state index is 8.75. The fourth-order valence-electron chi connectivity index (χ4n) is 1.40. The van der Waals surface area contributed by atoms with Crippen LogP contribution < -0.4 is 5.73 Å². The van der Waals surface area contributed by atoms with Crippen molar-refractivity contribution in [3.05, 3.63) is 35.4 Å². The van der Waals surface area contributed by atoms with Crippen molar-refractivity contribution in [2.45, 2.75) is 26.3 Å². The highest BCUT2D eigenvalue weighted by Gasteiger charge is 2.12. The molecule has 3 heteroatoms. The SMILES string of the molecule is CCC(C)[C@@H](N)c1cccc(C#N)c1.Cl. The summed E-state index contributed by atoms with van der Waals surface area (Å²) in [7, 11) is 0. The van der Waals surface area contributed by atoms with Gasteiger partial charge in [-0.3, -0.25) is 0 Å². The van der Waals surface area contributed by atoms with Crippen molar-refractivity contribution in [3.8, 4) is 6.07 Å². The molecule has 0 aliphatic rings. The molecule has 1 aromatic rings. The molecular formula is C12H17ClN2. The predicted octanol–water partition coefficient (Wildman–Crippen LogP) is 3.03. The minimum absolute atomic E-state index is 0. The topological polar surface area (TPSA) is 49.8 Å². The van der Waals surface area contributed by atoms with Gasteiger partial charge in [0.1, 0.15) is 0 Å². The Kier molecular flexibility index (Phi) is 6.00. The molecule has 0 radical (unpaired) electrons. The van der Waals surface area contributed by atoms with Crippen molar-refractivity contribution in [1.29, 1.82) is 5.26 Å². The summed E-state index contributed by atoms with van der Waals surface area (Å²) in [4.78, 5) is 0. The Labute approximate surface area is 97.5 Å². The summed E-state index contributed by atoms with van der Waals surface area (Å²) < 4.78 is 0. The lowest BCUT2D eigenvalue weighted by Crippen LogP contribution is -2.18. The summed E-state index contributed by atoms with van der Waals surface area (Å²) in [5.41, 5.74) is 7.80. The molecule has 0 bridgehead atoms. The van der Waals surface area contributed by atoms with E-state index in [2.05, 4.69) is 19.9 Å². The monoisotopic (exact) mass is 224 g/mol. The number of nitriles is 1. The zero-order chi connectivity index (χ0) is 10.6. The van der Waals surface area contributed by atoms with Crippen LogP contribution in [0.2, 0.25) is 0 Å². The number of halogens is 1. The number of rotatable bonds is 3. The Morgan fingerprint density at radius 2 is 2.13 bits per heavy atom. The van der Waals surface area contributed by atoms with Crippen LogP contribution in [0.15, 0.2) is 24.3 Å². The maximum absolute atomic E-state index is 8.75. The molecule has 0 heterocycles. The zero-order valence-electron chi connectivity index (χ0n) is 9.10. The number of nitrogens with zero attached hydrogens (tertiary/aromatic N) is 1. The van der Waals surface area contributed by atoms with Crippen LogP contribution >= 0.6 is 12.4 Å². The highest BCUT2D eigenvalue weighted by Crippen LogP contribution is 2.22. The largest absolute Gasteiger partial charge is 0.324 e. The van der Waals surface area contributed by atoms with Crippen LogP contribution in [0.3, 0.4) is 0 Å². The Bertz CT molecular complexity index is 344. The summed E-state index contributed by atoms with van der Waals surface area (Å²) in [6, 6.07) is 9.70. The fourth-order valence-corrected chi connectivity index (χ4v) is 1.40. The lowest BCUT2D eigenvalue weighted by Gasteiger charge is -2.18. The van der Waals surface area contributed by atoms with Crippen LogP contribution in [0.1, 0.15) is 37.4 Å². The van der Waals surface area contributed by atoms with Crippen LogP contribution in [0.5, 0.6) is 0 Å². The third-order valence-electron chi connectivity index (χ3n) is 2.66. The van der Waals surface area contributed by atoms with Gasteiger partial charge < -0.3 is 5.73 Å². The van der Waals surface area contributed by atoms with Crippen LogP contribution in [0, 0.1) is 17.2 Å². The van der Waals surface area contributed by atoms with Crippen molar-refractivity contribution < 1.29 is 0 Å². The number of hydrogen-bond donors (Lipinski definition) is 1. The van der Waals surface area contributed by atoms with Crippen molar-refractivity contribution in [2.24, 2.45) is 11.7 Å². The smallest absolute Gasteiger partial charge is 0.0991 e. The van der Waals surface area contributed by atoms with Crippen molar-refractivity contribution in [3.63, 3.8) is 0 Å². The number of hydrogen-bond acceptors (Lipinski definition) is 2. The lowest BCUT2D eigenvalue weighted by molar-refractivity contribution is 0.457. The molecule has 0 aliphatic carbocycles. The van der Waals surface area contributed by atoms with Gasteiger partial charge in [-0.05, 0) is 23.6 Å². The summed E-state index contributed by atoms with van der Waals surface area (Å²) >= 11 is 0. The normalized spacial score (nSPS) is 13.5. The van der Waals surface area contributed by atoms with Gasteiger partial charge in [0.25, 0.3) is 0 Å². The Hall–Kier alpha value is -1.04. The quantitative estimate of drug-likeness (QED) is 0.858. The van der Waals surface area contributed by atoms with Crippen molar-refractivity contribution in [1.82, 2.24) is 0 Å². The van der Waals surface area contributed by atoms with Gasteiger partial charge in [0.05, 0.1) is 11.6 Å². The molecule has 2 N–H and O–H groups in total. The zero-order valence-corrected chi connectivity index (χ0v) is 9.92. The Balaban J connectivity index is 0.00000196. The van der Waals surface area contributed by atoms with Crippen LogP contribution in [-0.4, -0.2) is 0 Å². The van der Waals surface area contributed by atoms with Crippen LogP contribution in [0.25, 0.3) is 0 Å². The molecule has 0 saturated carbocycles. The molecule has 0 spiro atoms. The molecule has 82 valence electrons. The first-order valence-corrected chi connectivity index (χ1v) is 4.94. The summed E-state index contributed by atoms with van der Waals surface area (Å²) in [5, 5.41) is 8.75. The third-order valence-corrected chi connectivity index (χ3v) is 2.66. The minimum Gasteiger partial charge on any atom is -0.324 e. The van der Waals surface area contributed by atoms with Crippen LogP contribution in [-0.2, 0) is 0 Å². The maximum Gasteiger partial charge on any atom is 0.0991 e. The van der Waals surface area contributed by atoms with E-state index in [4.69, 9.17) is 11.0 Å². The van der Waals surface area contributed by atoms with Gasteiger partial charge in [-0.15, -0.1) is 12.4 Å². The van der Waals surface area contributed by atoms with E-state index in [0.29, 0.717) is 11.5 Å². The molecule has 2 nitrogen and oxygen atoms in total. The number of benzene rings is 1. The molecule has 0 aromatic heterocycles. The molecule has 2 atom stereocenters. The van der Waals surface area contributed by atoms with E-state index in [-0.39, 0.29) is 18.4 Å². The average Bonchev–Trinajstić information content (AvgIpc) is 2.27. The lowest BCUT2D eigenvalue weighted by atomic mass is 9.92. The molecule has 0 amide bonds. The molecular weight excluding hydrogens is 208 g/mol. The van der Waals surface area contributed by atoms with E-state index in [1.54, 1.807) is 6.07 Å². The van der Waals surface area contributed by atoms with E-state index in [0.717, 1.165) is 12.0 Å². The Morgan fingerprint density at radius 3 is 2.67 bits per heavy atom. The van der Waals surface area contributed by atoms with Gasteiger partial charge in [0.15, 0.2) is 0 Å². The highest BCUT2D eigenvalue weighted by atomic mass is 35.5. The fraction of sp³-hybridized carbons (Fsp3) is 0.417. The minimum atomic E-state index is 0. The molecule has 0 saturated heterocycles. The highest BCUT2D eigenvalue weighted by molar-refractivity contribution is 5.85. The average molecular weight is 225 g/mol. The van der Waals surface area contributed by atoms with Gasteiger partial charge >= 0.3 is 0 Å². The molecule has 1 rings (SSSR count). The van der Waals surface area contributed by atoms with Crippen molar-refractivity contribution in [2.75, 3.05) is 0 Å². The van der Waals surface area contributed by atoms with Gasteiger partial charge in [-0.2, -0.15) is 5.26 Å². The predicted molar refractivity (Wildman–Crippen MR) is 64.8 cm³/mol. The molecule has 1 unspecified atom stereocenters. The van der Waals surface area contributed by atoms with E-state index in [1.165, 1.54) is 0 Å². The molecule has 0 fully saturated rings. The number of nitrogens with two attached hydrogens (primary N) is 1. The van der Waals surface area contributed by atoms with E-state index in [9.17, 15) is 0 Å². The third kappa shape index (κ3) is 3.54. The van der Waals surface area contributed by atoms with E-state index < -0.39 is 0 Å². The second-order valence-corrected chi connectivity index (χ2v) is 3.65. The summed E-state index contributed by atoms with van der Waals surface area (Å²) in [6.07, 6.45) is 1.05. The first kappa shape index (κ1) is 14.0. The standard InChI is InChI=1S/C12H16N2.ClH/c1-3-9(2)12(14)11-6-4-5-10(7-11)8-13;/h4-7,9,12H,3,14H2,1-2H3;1H/t9?,12-;/m1./s1. The van der Waals surface area contributed by atoms with Crippen molar-refractivity contribution >= 4 is 12.4 Å². The molecule has 0 aliphatic heterocycles. The van der Waals surface area contributed by atoms with E-state index >= 15 is 0 Å². The first-order valence-electron chi connectivity index (χ1n) is 4.94. The van der Waals surface area contributed by atoms with Gasteiger partial charge in [0.2, 0.25) is 0 Å².